The highest BCUT2D eigenvalue weighted by atomic mass is 79.9. The van der Waals surface area contributed by atoms with Crippen LogP contribution < -0.4 is 10.1 Å². The van der Waals surface area contributed by atoms with Crippen LogP contribution >= 0.6 is 15.9 Å². The van der Waals surface area contributed by atoms with E-state index in [-0.39, 0.29) is 5.56 Å². The summed E-state index contributed by atoms with van der Waals surface area (Å²) in [7, 11) is 1.47. The number of rotatable bonds is 5. The Morgan fingerprint density at radius 1 is 1.09 bits per heavy atom. The second kappa shape index (κ2) is 7.78. The third-order valence-electron chi connectivity index (χ3n) is 3.09. The van der Waals surface area contributed by atoms with E-state index in [0.29, 0.717) is 11.4 Å². The number of benzene rings is 2. The standard InChI is InChI=1S/C17H16BrNO4/c1-11(16(20)19-13-9-7-12(18)8-10-13)23-17(21)14-5-3-4-6-15(14)22-2/h3-11H,1-2H3,(H,19,20)/t11-/m0/s1. The molecule has 2 rings (SSSR count). The van der Waals surface area contributed by atoms with Gasteiger partial charge in [0.05, 0.1) is 7.11 Å². The van der Waals surface area contributed by atoms with Crippen molar-refractivity contribution in [3.63, 3.8) is 0 Å². The SMILES string of the molecule is COc1ccccc1C(=O)O[C@@H](C)C(=O)Nc1ccc(Br)cc1. The molecule has 0 fully saturated rings. The Balaban J connectivity index is 2.00. The molecule has 0 aliphatic heterocycles. The summed E-state index contributed by atoms with van der Waals surface area (Å²) in [6.45, 7) is 1.52. The summed E-state index contributed by atoms with van der Waals surface area (Å²) in [4.78, 5) is 24.2. The largest absolute Gasteiger partial charge is 0.496 e. The van der Waals surface area contributed by atoms with Crippen LogP contribution in [0.3, 0.4) is 0 Å². The molecule has 6 heteroatoms. The molecule has 0 saturated heterocycles. The zero-order chi connectivity index (χ0) is 16.8. The molecule has 0 aromatic heterocycles. The van der Waals surface area contributed by atoms with E-state index in [1.165, 1.54) is 14.0 Å². The maximum absolute atomic E-state index is 12.1. The van der Waals surface area contributed by atoms with Gasteiger partial charge in [-0.15, -0.1) is 0 Å². The van der Waals surface area contributed by atoms with Gasteiger partial charge in [0.15, 0.2) is 6.10 Å². The molecule has 23 heavy (non-hydrogen) atoms. The van der Waals surface area contributed by atoms with E-state index in [1.54, 1.807) is 48.5 Å². The molecule has 5 nitrogen and oxygen atoms in total. The van der Waals surface area contributed by atoms with Gasteiger partial charge in [0.25, 0.3) is 5.91 Å². The molecule has 1 atom stereocenters. The van der Waals surface area contributed by atoms with Crippen LogP contribution in [0, 0.1) is 0 Å². The Morgan fingerprint density at radius 2 is 1.74 bits per heavy atom. The summed E-state index contributed by atoms with van der Waals surface area (Å²) in [6.07, 6.45) is -0.934. The highest BCUT2D eigenvalue weighted by Crippen LogP contribution is 2.19. The molecule has 0 radical (unpaired) electrons. The van der Waals surface area contributed by atoms with Gasteiger partial charge in [-0.1, -0.05) is 28.1 Å². The third kappa shape index (κ3) is 4.56. The molecule has 120 valence electrons. The molecule has 0 spiro atoms. The zero-order valence-corrected chi connectivity index (χ0v) is 14.3. The summed E-state index contributed by atoms with van der Waals surface area (Å²) in [5.41, 5.74) is 0.900. The highest BCUT2D eigenvalue weighted by Gasteiger charge is 2.21. The molecule has 1 amide bonds. The van der Waals surface area contributed by atoms with Gasteiger partial charge in [-0.25, -0.2) is 4.79 Å². The highest BCUT2D eigenvalue weighted by molar-refractivity contribution is 9.10. The number of methoxy groups -OCH3 is 1. The van der Waals surface area contributed by atoms with E-state index in [1.807, 2.05) is 0 Å². The van der Waals surface area contributed by atoms with E-state index in [9.17, 15) is 9.59 Å². The second-order valence-corrected chi connectivity index (χ2v) is 5.66. The predicted octanol–water partition coefficient (Wildman–Crippen LogP) is 3.64. The molecule has 0 unspecified atom stereocenters. The van der Waals surface area contributed by atoms with E-state index in [2.05, 4.69) is 21.2 Å². The van der Waals surface area contributed by atoms with Gasteiger partial charge < -0.3 is 14.8 Å². The Kier molecular flexibility index (Phi) is 5.76. The summed E-state index contributed by atoms with van der Waals surface area (Å²) < 4.78 is 11.2. The van der Waals surface area contributed by atoms with Crippen LogP contribution in [-0.2, 0) is 9.53 Å². The first-order valence-electron chi connectivity index (χ1n) is 6.91. The summed E-state index contributed by atoms with van der Waals surface area (Å²) >= 11 is 3.32. The average molecular weight is 378 g/mol. The summed E-state index contributed by atoms with van der Waals surface area (Å²) in [5, 5.41) is 2.69. The minimum Gasteiger partial charge on any atom is -0.496 e. The Labute approximate surface area is 142 Å². The molecule has 0 heterocycles. The number of hydrogen-bond donors (Lipinski definition) is 1. The summed E-state index contributed by atoms with van der Waals surface area (Å²) in [5.74, 6) is -0.616. The number of para-hydroxylation sites is 1. The Hall–Kier alpha value is -2.34. The molecule has 0 bridgehead atoms. The van der Waals surface area contributed by atoms with Gasteiger partial charge in [0, 0.05) is 10.2 Å². The van der Waals surface area contributed by atoms with Gasteiger partial charge in [-0.2, -0.15) is 0 Å². The lowest BCUT2D eigenvalue weighted by molar-refractivity contribution is -0.123. The van der Waals surface area contributed by atoms with Gasteiger partial charge in [0.2, 0.25) is 0 Å². The molecule has 0 aliphatic rings. The van der Waals surface area contributed by atoms with Crippen molar-refractivity contribution in [1.29, 1.82) is 0 Å². The Bertz CT molecular complexity index is 700. The van der Waals surface area contributed by atoms with Crippen LogP contribution in [0.25, 0.3) is 0 Å². The topological polar surface area (TPSA) is 64.6 Å². The van der Waals surface area contributed by atoms with Crippen molar-refractivity contribution in [2.24, 2.45) is 0 Å². The molecular weight excluding hydrogens is 362 g/mol. The zero-order valence-electron chi connectivity index (χ0n) is 12.7. The third-order valence-corrected chi connectivity index (χ3v) is 3.62. The lowest BCUT2D eigenvalue weighted by atomic mass is 10.2. The van der Waals surface area contributed by atoms with Gasteiger partial charge in [0.1, 0.15) is 11.3 Å². The number of carbonyl (C=O) groups is 2. The van der Waals surface area contributed by atoms with E-state index in [4.69, 9.17) is 9.47 Å². The summed E-state index contributed by atoms with van der Waals surface area (Å²) in [6, 6.07) is 13.8. The monoisotopic (exact) mass is 377 g/mol. The minimum absolute atomic E-state index is 0.276. The number of amides is 1. The molecule has 0 aliphatic carbocycles. The van der Waals surface area contributed by atoms with Crippen molar-refractivity contribution >= 4 is 33.5 Å². The van der Waals surface area contributed by atoms with Crippen LogP contribution in [0.5, 0.6) is 5.75 Å². The molecule has 2 aromatic carbocycles. The van der Waals surface area contributed by atoms with Crippen LogP contribution in [-0.4, -0.2) is 25.1 Å². The van der Waals surface area contributed by atoms with E-state index < -0.39 is 18.0 Å². The first-order chi connectivity index (χ1) is 11.0. The fourth-order valence-corrected chi connectivity index (χ4v) is 2.13. The first kappa shape index (κ1) is 17.0. The van der Waals surface area contributed by atoms with Crippen molar-refractivity contribution in [3.8, 4) is 5.75 Å². The second-order valence-electron chi connectivity index (χ2n) is 4.74. The van der Waals surface area contributed by atoms with Crippen LogP contribution in [0.2, 0.25) is 0 Å². The molecule has 2 aromatic rings. The van der Waals surface area contributed by atoms with E-state index in [0.717, 1.165) is 4.47 Å². The van der Waals surface area contributed by atoms with Crippen molar-refractivity contribution in [2.45, 2.75) is 13.0 Å². The first-order valence-corrected chi connectivity index (χ1v) is 7.71. The van der Waals surface area contributed by atoms with Gasteiger partial charge >= 0.3 is 5.97 Å². The number of nitrogens with one attached hydrogen (secondary N) is 1. The number of anilines is 1. The molecule has 1 N–H and O–H groups in total. The van der Waals surface area contributed by atoms with E-state index >= 15 is 0 Å². The van der Waals surface area contributed by atoms with Gasteiger partial charge in [-0.05, 0) is 43.3 Å². The van der Waals surface area contributed by atoms with Gasteiger partial charge in [-0.3, -0.25) is 4.79 Å². The lowest BCUT2D eigenvalue weighted by Gasteiger charge is -2.14. The lowest BCUT2D eigenvalue weighted by Crippen LogP contribution is -2.30. The fraction of sp³-hybridized carbons (Fsp3) is 0.176. The smallest absolute Gasteiger partial charge is 0.342 e. The predicted molar refractivity (Wildman–Crippen MR) is 90.6 cm³/mol. The maximum atomic E-state index is 12.1. The van der Waals surface area contributed by atoms with Crippen molar-refractivity contribution in [2.75, 3.05) is 12.4 Å². The Morgan fingerprint density at radius 3 is 2.39 bits per heavy atom. The normalized spacial score (nSPS) is 11.4. The number of esters is 1. The number of hydrogen-bond acceptors (Lipinski definition) is 4. The maximum Gasteiger partial charge on any atom is 0.342 e. The van der Waals surface area contributed by atoms with Crippen molar-refractivity contribution < 1.29 is 19.1 Å². The minimum atomic E-state index is -0.934. The average Bonchev–Trinajstić information content (AvgIpc) is 2.56. The van der Waals surface area contributed by atoms with Crippen molar-refractivity contribution in [1.82, 2.24) is 0 Å². The number of ether oxygens (including phenoxy) is 2. The molecular formula is C17H16BrNO4. The number of carbonyl (C=O) groups excluding carboxylic acids is 2. The molecule has 0 saturated carbocycles. The van der Waals surface area contributed by atoms with Crippen LogP contribution in [0.4, 0.5) is 5.69 Å². The van der Waals surface area contributed by atoms with Crippen molar-refractivity contribution in [3.05, 3.63) is 58.6 Å². The fourth-order valence-electron chi connectivity index (χ4n) is 1.87. The number of halogens is 1. The van der Waals surface area contributed by atoms with Crippen LogP contribution in [0.1, 0.15) is 17.3 Å². The quantitative estimate of drug-likeness (QED) is 0.807. The van der Waals surface area contributed by atoms with Crippen LogP contribution in [0.15, 0.2) is 53.0 Å².